The Morgan fingerprint density at radius 1 is 1.23 bits per heavy atom. The highest BCUT2D eigenvalue weighted by Gasteiger charge is 2.33. The summed E-state index contributed by atoms with van der Waals surface area (Å²) < 4.78 is 40.3. The first kappa shape index (κ1) is 17.7. The third kappa shape index (κ3) is 3.19. The molecule has 1 aromatic heterocycles. The molecule has 6 nitrogen and oxygen atoms in total. The lowest BCUT2D eigenvalue weighted by molar-refractivity contribution is -0.384. The van der Waals surface area contributed by atoms with E-state index in [0.29, 0.717) is 11.9 Å². The monoisotopic (exact) mass is 364 g/mol. The SMILES string of the molecule is CN(Cc1nc2ccccc2n1C)c1ccc(C(F)(F)F)cc1[N+](=O)[O-]. The van der Waals surface area contributed by atoms with Gasteiger partial charge in [-0.25, -0.2) is 4.98 Å². The van der Waals surface area contributed by atoms with Crippen molar-refractivity contribution >= 4 is 22.4 Å². The summed E-state index contributed by atoms with van der Waals surface area (Å²) in [5.74, 6) is 0.642. The zero-order valence-electron chi connectivity index (χ0n) is 14.0. The van der Waals surface area contributed by atoms with Gasteiger partial charge in [-0.3, -0.25) is 10.1 Å². The quantitative estimate of drug-likeness (QED) is 0.516. The van der Waals surface area contributed by atoms with Gasteiger partial charge in [0.25, 0.3) is 5.69 Å². The Hall–Kier alpha value is -3.10. The Morgan fingerprint density at radius 2 is 1.92 bits per heavy atom. The summed E-state index contributed by atoms with van der Waals surface area (Å²) in [7, 11) is 3.40. The number of benzene rings is 2. The van der Waals surface area contributed by atoms with Crippen molar-refractivity contribution < 1.29 is 18.1 Å². The molecule has 0 N–H and O–H groups in total. The smallest absolute Gasteiger partial charge is 0.362 e. The highest BCUT2D eigenvalue weighted by atomic mass is 19.4. The number of nitro benzene ring substituents is 1. The number of fused-ring (bicyclic) bond motifs is 1. The van der Waals surface area contributed by atoms with Gasteiger partial charge < -0.3 is 9.47 Å². The molecule has 0 unspecified atom stereocenters. The number of imidazole rings is 1. The van der Waals surface area contributed by atoms with Crippen molar-refractivity contribution in [1.82, 2.24) is 9.55 Å². The topological polar surface area (TPSA) is 64.2 Å². The molecule has 0 saturated heterocycles. The van der Waals surface area contributed by atoms with Crippen LogP contribution in [-0.2, 0) is 19.8 Å². The maximum Gasteiger partial charge on any atom is 0.416 e. The maximum atomic E-state index is 12.8. The molecule has 136 valence electrons. The zero-order chi connectivity index (χ0) is 19.1. The molecule has 3 rings (SSSR count). The molecule has 0 amide bonds. The van der Waals surface area contributed by atoms with E-state index >= 15 is 0 Å². The number of hydrogen-bond donors (Lipinski definition) is 0. The molecular weight excluding hydrogens is 349 g/mol. The van der Waals surface area contributed by atoms with Crippen LogP contribution in [0.1, 0.15) is 11.4 Å². The van der Waals surface area contributed by atoms with Gasteiger partial charge in [-0.1, -0.05) is 12.1 Å². The second-order valence-corrected chi connectivity index (χ2v) is 5.89. The fourth-order valence-electron chi connectivity index (χ4n) is 2.80. The summed E-state index contributed by atoms with van der Waals surface area (Å²) in [5.41, 5.74) is 0.123. The second kappa shape index (κ2) is 6.32. The minimum Gasteiger partial charge on any atom is -0.362 e. The number of anilines is 1. The second-order valence-electron chi connectivity index (χ2n) is 5.89. The molecule has 0 bridgehead atoms. The van der Waals surface area contributed by atoms with Crippen LogP contribution in [0.3, 0.4) is 0 Å². The maximum absolute atomic E-state index is 12.8. The van der Waals surface area contributed by atoms with Crippen LogP contribution in [-0.4, -0.2) is 21.5 Å². The largest absolute Gasteiger partial charge is 0.416 e. The first-order valence-electron chi connectivity index (χ1n) is 7.65. The van der Waals surface area contributed by atoms with Crippen molar-refractivity contribution in [3.05, 3.63) is 64.0 Å². The fourth-order valence-corrected chi connectivity index (χ4v) is 2.80. The summed E-state index contributed by atoms with van der Waals surface area (Å²) in [6, 6.07) is 9.98. The Balaban J connectivity index is 1.97. The van der Waals surface area contributed by atoms with Gasteiger partial charge in [0.2, 0.25) is 0 Å². The van der Waals surface area contributed by atoms with Crippen molar-refractivity contribution in [2.24, 2.45) is 7.05 Å². The molecule has 0 radical (unpaired) electrons. The van der Waals surface area contributed by atoms with Gasteiger partial charge >= 0.3 is 6.18 Å². The summed E-state index contributed by atoms with van der Waals surface area (Å²) in [4.78, 5) is 16.4. The van der Waals surface area contributed by atoms with E-state index in [2.05, 4.69) is 4.98 Å². The zero-order valence-corrected chi connectivity index (χ0v) is 14.0. The predicted octanol–water partition coefficient (Wildman–Crippen LogP) is 4.14. The van der Waals surface area contributed by atoms with Crippen LogP contribution in [0.25, 0.3) is 11.0 Å². The van der Waals surface area contributed by atoms with Crippen LogP contribution >= 0.6 is 0 Å². The van der Waals surface area contributed by atoms with Gasteiger partial charge in [0, 0.05) is 20.2 Å². The van der Waals surface area contributed by atoms with E-state index in [1.807, 2.05) is 35.9 Å². The van der Waals surface area contributed by atoms with Crippen LogP contribution in [0.5, 0.6) is 0 Å². The number of alkyl halides is 3. The number of para-hydroxylation sites is 2. The number of halogens is 3. The third-order valence-corrected chi connectivity index (χ3v) is 4.17. The van der Waals surface area contributed by atoms with Crippen LogP contribution in [0.15, 0.2) is 42.5 Å². The van der Waals surface area contributed by atoms with E-state index < -0.39 is 22.4 Å². The number of nitrogens with zero attached hydrogens (tertiary/aromatic N) is 4. The molecule has 0 saturated carbocycles. The average Bonchev–Trinajstić information content (AvgIpc) is 2.89. The lowest BCUT2D eigenvalue weighted by atomic mass is 10.1. The van der Waals surface area contributed by atoms with Crippen molar-refractivity contribution in [2.75, 3.05) is 11.9 Å². The lowest BCUT2D eigenvalue weighted by Gasteiger charge is -2.19. The summed E-state index contributed by atoms with van der Waals surface area (Å²) in [6.45, 7) is 0.206. The number of aromatic nitrogens is 2. The molecule has 0 fully saturated rings. The average molecular weight is 364 g/mol. The van der Waals surface area contributed by atoms with Crippen molar-refractivity contribution in [1.29, 1.82) is 0 Å². The minimum absolute atomic E-state index is 0.0926. The minimum atomic E-state index is -4.64. The highest BCUT2D eigenvalue weighted by molar-refractivity contribution is 5.76. The molecule has 9 heteroatoms. The molecule has 0 spiro atoms. The van der Waals surface area contributed by atoms with Crippen molar-refractivity contribution in [2.45, 2.75) is 12.7 Å². The Labute approximate surface area is 146 Å². The number of nitro groups is 1. The van der Waals surface area contributed by atoms with Crippen LogP contribution in [0.2, 0.25) is 0 Å². The normalized spacial score (nSPS) is 11.7. The molecule has 3 aromatic rings. The third-order valence-electron chi connectivity index (χ3n) is 4.17. The van der Waals surface area contributed by atoms with Gasteiger partial charge in [0.05, 0.1) is 28.1 Å². The van der Waals surface area contributed by atoms with Gasteiger partial charge in [-0.05, 0) is 24.3 Å². The number of aryl methyl sites for hydroxylation is 1. The number of hydrogen-bond acceptors (Lipinski definition) is 4. The number of rotatable bonds is 4. The van der Waals surface area contributed by atoms with Crippen molar-refractivity contribution in [3.8, 4) is 0 Å². The first-order valence-corrected chi connectivity index (χ1v) is 7.65. The predicted molar refractivity (Wildman–Crippen MR) is 90.9 cm³/mol. The molecule has 0 aliphatic rings. The lowest BCUT2D eigenvalue weighted by Crippen LogP contribution is -2.20. The standard InChI is InChI=1S/C17H15F3N4O2/c1-22(10-16-21-12-5-3-4-6-13(12)23(16)2)14-8-7-11(17(18,19)20)9-15(14)24(25)26/h3-9H,10H2,1-2H3. The van der Waals surface area contributed by atoms with E-state index in [1.54, 1.807) is 7.05 Å². The highest BCUT2D eigenvalue weighted by Crippen LogP contribution is 2.36. The van der Waals surface area contributed by atoms with Crippen molar-refractivity contribution in [3.63, 3.8) is 0 Å². The molecule has 2 aromatic carbocycles. The summed E-state index contributed by atoms with van der Waals surface area (Å²) in [6.07, 6.45) is -4.64. The van der Waals surface area contributed by atoms with E-state index in [4.69, 9.17) is 0 Å². The molecule has 0 aliphatic carbocycles. The van der Waals surface area contributed by atoms with E-state index in [0.717, 1.165) is 23.2 Å². The molecule has 1 heterocycles. The van der Waals surface area contributed by atoms with Gasteiger partial charge in [0.15, 0.2) is 0 Å². The summed E-state index contributed by atoms with van der Waals surface area (Å²) in [5, 5.41) is 11.3. The van der Waals surface area contributed by atoms with Gasteiger partial charge in [-0.2, -0.15) is 13.2 Å². The van der Waals surface area contributed by atoms with Crippen LogP contribution in [0, 0.1) is 10.1 Å². The van der Waals surface area contributed by atoms with E-state index in [9.17, 15) is 23.3 Å². The molecule has 0 atom stereocenters. The molecular formula is C17H15F3N4O2. The molecule has 26 heavy (non-hydrogen) atoms. The van der Waals surface area contributed by atoms with Gasteiger partial charge in [-0.15, -0.1) is 0 Å². The Morgan fingerprint density at radius 3 is 2.54 bits per heavy atom. The van der Waals surface area contributed by atoms with E-state index in [1.165, 1.54) is 4.90 Å². The van der Waals surface area contributed by atoms with Gasteiger partial charge in [0.1, 0.15) is 11.5 Å². The first-order chi connectivity index (χ1) is 12.2. The summed E-state index contributed by atoms with van der Waals surface area (Å²) >= 11 is 0. The Kier molecular flexibility index (Phi) is 4.31. The van der Waals surface area contributed by atoms with Crippen LogP contribution < -0.4 is 4.90 Å². The molecule has 0 aliphatic heterocycles. The van der Waals surface area contributed by atoms with E-state index in [-0.39, 0.29) is 12.2 Å². The Bertz CT molecular complexity index is 982. The van der Waals surface area contributed by atoms with Crippen LogP contribution in [0.4, 0.5) is 24.5 Å². The fraction of sp³-hybridized carbons (Fsp3) is 0.235.